The molecule has 0 aromatic carbocycles. The van der Waals surface area contributed by atoms with E-state index in [9.17, 15) is 4.79 Å². The molecule has 1 aliphatic carbocycles. The van der Waals surface area contributed by atoms with Crippen LogP contribution in [0.25, 0.3) is 0 Å². The van der Waals surface area contributed by atoms with Gasteiger partial charge in [0.2, 0.25) is 0 Å². The van der Waals surface area contributed by atoms with E-state index < -0.39 is 0 Å². The highest BCUT2D eigenvalue weighted by molar-refractivity contribution is 7.18. The van der Waals surface area contributed by atoms with E-state index >= 15 is 0 Å². The second-order valence-corrected chi connectivity index (χ2v) is 6.97. The molecule has 5 heteroatoms. The summed E-state index contributed by atoms with van der Waals surface area (Å²) < 4.78 is 2.25. The van der Waals surface area contributed by atoms with Gasteiger partial charge in [-0.2, -0.15) is 0 Å². The molecule has 1 aliphatic rings. The maximum atomic E-state index is 12.6. The van der Waals surface area contributed by atoms with E-state index in [0.717, 1.165) is 18.3 Å². The van der Waals surface area contributed by atoms with Gasteiger partial charge in [-0.15, -0.1) is 11.3 Å². The summed E-state index contributed by atoms with van der Waals surface area (Å²) in [6.07, 6.45) is 7.78. The lowest BCUT2D eigenvalue weighted by atomic mass is 9.96. The third kappa shape index (κ3) is 3.44. The molecule has 1 saturated carbocycles. The minimum absolute atomic E-state index is 0.0675. The van der Waals surface area contributed by atoms with Crippen LogP contribution in [-0.4, -0.2) is 16.5 Å². The van der Waals surface area contributed by atoms with Crippen LogP contribution in [0.4, 0.5) is 0 Å². The lowest BCUT2D eigenvalue weighted by molar-refractivity contribution is 0.0958. The largest absolute Gasteiger partial charge is 0.273 e. The van der Waals surface area contributed by atoms with Crippen LogP contribution in [0.15, 0.2) is 41.5 Å². The van der Waals surface area contributed by atoms with Gasteiger partial charge in [0, 0.05) is 6.20 Å². The van der Waals surface area contributed by atoms with Gasteiger partial charge in [0.25, 0.3) is 5.91 Å². The van der Waals surface area contributed by atoms with Crippen molar-refractivity contribution >= 4 is 28.8 Å². The Morgan fingerprint density at radius 3 is 2.71 bits per heavy atom. The predicted octanol–water partition coefficient (Wildman–Crippen LogP) is 4.12. The van der Waals surface area contributed by atoms with E-state index in [1.165, 1.54) is 30.6 Å². The number of nitrogens with zero attached hydrogens (tertiary/aromatic N) is 2. The molecule has 1 fully saturated rings. The third-order valence-corrected chi connectivity index (χ3v) is 4.95. The lowest BCUT2D eigenvalue weighted by Crippen LogP contribution is -2.28. The maximum absolute atomic E-state index is 12.6. The summed E-state index contributed by atoms with van der Waals surface area (Å²) in [6, 6.07) is 9.54. The molecule has 21 heavy (non-hydrogen) atoms. The average molecular weight is 321 g/mol. The number of carbonyl (C=O) groups is 1. The van der Waals surface area contributed by atoms with Crippen molar-refractivity contribution in [3.63, 3.8) is 0 Å². The molecule has 2 aromatic heterocycles. The Balaban J connectivity index is 1.95. The van der Waals surface area contributed by atoms with Crippen molar-refractivity contribution in [2.75, 3.05) is 0 Å². The summed E-state index contributed by atoms with van der Waals surface area (Å²) in [5.41, 5.74) is 0.735. The molecular weight excluding hydrogens is 304 g/mol. The van der Waals surface area contributed by atoms with Gasteiger partial charge in [0.05, 0.1) is 15.3 Å². The summed E-state index contributed by atoms with van der Waals surface area (Å²) in [4.78, 5) is 18.0. The van der Waals surface area contributed by atoms with Crippen molar-refractivity contribution in [2.45, 2.75) is 38.1 Å². The molecule has 0 bridgehead atoms. The van der Waals surface area contributed by atoms with Crippen molar-refractivity contribution in [1.29, 1.82) is 0 Å². The standard InChI is InChI=1S/C16H17ClN2OS/c17-14-10-9-13(21-14)16(20)19-11-5-4-8-15(19)18-12-6-2-1-3-7-12/h4-5,8-12H,1-3,6-7H2. The Hall–Kier alpha value is -1.39. The van der Waals surface area contributed by atoms with Gasteiger partial charge in [-0.3, -0.25) is 14.4 Å². The molecule has 0 unspecified atom stereocenters. The van der Waals surface area contributed by atoms with Crippen molar-refractivity contribution in [3.05, 3.63) is 51.2 Å². The fourth-order valence-electron chi connectivity index (χ4n) is 2.66. The Labute approximate surface area is 132 Å². The van der Waals surface area contributed by atoms with E-state index in [4.69, 9.17) is 16.6 Å². The quantitative estimate of drug-likeness (QED) is 0.819. The zero-order valence-corrected chi connectivity index (χ0v) is 13.2. The molecule has 0 N–H and O–H groups in total. The van der Waals surface area contributed by atoms with Gasteiger partial charge in [-0.05, 0) is 37.1 Å². The van der Waals surface area contributed by atoms with Crippen LogP contribution in [-0.2, 0) is 0 Å². The highest BCUT2D eigenvalue weighted by Gasteiger charge is 2.14. The zero-order valence-electron chi connectivity index (χ0n) is 11.7. The SMILES string of the molecule is O=C(c1ccc(Cl)s1)n1ccccc1=NC1CCCCC1. The molecule has 2 heterocycles. The Bertz CT molecular complexity index is 698. The summed E-state index contributed by atoms with van der Waals surface area (Å²) >= 11 is 7.22. The normalized spacial score (nSPS) is 17.1. The van der Waals surface area contributed by atoms with E-state index in [1.54, 1.807) is 22.9 Å². The fourth-order valence-corrected chi connectivity index (χ4v) is 3.64. The van der Waals surface area contributed by atoms with Crippen LogP contribution in [0.2, 0.25) is 4.34 Å². The molecule has 0 atom stereocenters. The minimum Gasteiger partial charge on any atom is -0.267 e. The summed E-state index contributed by atoms with van der Waals surface area (Å²) in [6.45, 7) is 0. The van der Waals surface area contributed by atoms with E-state index in [1.807, 2.05) is 18.2 Å². The Morgan fingerprint density at radius 2 is 2.00 bits per heavy atom. The fraction of sp³-hybridized carbons (Fsp3) is 0.375. The van der Waals surface area contributed by atoms with E-state index in [-0.39, 0.29) is 5.91 Å². The van der Waals surface area contributed by atoms with Crippen molar-refractivity contribution in [3.8, 4) is 0 Å². The topological polar surface area (TPSA) is 34.4 Å². The van der Waals surface area contributed by atoms with Gasteiger partial charge in [0.15, 0.2) is 0 Å². The van der Waals surface area contributed by atoms with Gasteiger partial charge in [-0.25, -0.2) is 0 Å². The monoisotopic (exact) mass is 320 g/mol. The minimum atomic E-state index is -0.0675. The number of carbonyl (C=O) groups excluding carboxylic acids is 1. The second-order valence-electron chi connectivity index (χ2n) is 5.26. The van der Waals surface area contributed by atoms with Crippen molar-refractivity contribution in [2.24, 2.45) is 4.99 Å². The highest BCUT2D eigenvalue weighted by atomic mass is 35.5. The molecule has 2 aromatic rings. The van der Waals surface area contributed by atoms with Crippen LogP contribution >= 0.6 is 22.9 Å². The number of hydrogen-bond donors (Lipinski definition) is 0. The van der Waals surface area contributed by atoms with Crippen molar-refractivity contribution in [1.82, 2.24) is 4.57 Å². The molecule has 3 nitrogen and oxygen atoms in total. The van der Waals surface area contributed by atoms with Gasteiger partial charge >= 0.3 is 0 Å². The van der Waals surface area contributed by atoms with Gasteiger partial charge < -0.3 is 0 Å². The van der Waals surface area contributed by atoms with Crippen LogP contribution in [0, 0.1) is 0 Å². The van der Waals surface area contributed by atoms with Crippen LogP contribution in [0.1, 0.15) is 41.8 Å². The van der Waals surface area contributed by atoms with E-state index in [2.05, 4.69) is 0 Å². The molecule has 0 radical (unpaired) electrons. The first-order valence-electron chi connectivity index (χ1n) is 7.25. The summed E-state index contributed by atoms with van der Waals surface area (Å²) in [5, 5.41) is 0. The third-order valence-electron chi connectivity index (χ3n) is 3.73. The average Bonchev–Trinajstić information content (AvgIpc) is 2.95. The molecule has 3 rings (SSSR count). The molecular formula is C16H17ClN2OS. The van der Waals surface area contributed by atoms with Crippen LogP contribution < -0.4 is 5.49 Å². The molecule has 0 spiro atoms. The zero-order chi connectivity index (χ0) is 14.7. The number of thiophene rings is 1. The smallest absolute Gasteiger partial charge is 0.267 e. The highest BCUT2D eigenvalue weighted by Crippen LogP contribution is 2.22. The summed E-state index contributed by atoms with van der Waals surface area (Å²) in [7, 11) is 0. The van der Waals surface area contributed by atoms with Crippen LogP contribution in [0.3, 0.4) is 0 Å². The maximum Gasteiger partial charge on any atom is 0.273 e. The number of rotatable bonds is 2. The first kappa shape index (κ1) is 14.5. The molecule has 0 amide bonds. The molecule has 0 saturated heterocycles. The van der Waals surface area contributed by atoms with Crippen molar-refractivity contribution < 1.29 is 4.79 Å². The Morgan fingerprint density at radius 1 is 1.19 bits per heavy atom. The number of pyridine rings is 1. The number of hydrogen-bond acceptors (Lipinski definition) is 3. The molecule has 0 aliphatic heterocycles. The first-order chi connectivity index (χ1) is 10.2. The first-order valence-corrected chi connectivity index (χ1v) is 8.45. The van der Waals surface area contributed by atoms with Gasteiger partial charge in [0.1, 0.15) is 5.49 Å². The predicted molar refractivity (Wildman–Crippen MR) is 85.9 cm³/mol. The van der Waals surface area contributed by atoms with Gasteiger partial charge in [-0.1, -0.05) is 36.9 Å². The second kappa shape index (κ2) is 6.58. The Kier molecular flexibility index (Phi) is 4.56. The number of halogens is 1. The number of aromatic nitrogens is 1. The van der Waals surface area contributed by atoms with Crippen LogP contribution in [0.5, 0.6) is 0 Å². The lowest BCUT2D eigenvalue weighted by Gasteiger charge is -2.17. The molecule has 110 valence electrons. The summed E-state index contributed by atoms with van der Waals surface area (Å²) in [5.74, 6) is -0.0675. The van der Waals surface area contributed by atoms with E-state index in [0.29, 0.717) is 15.3 Å².